The van der Waals surface area contributed by atoms with Crippen molar-refractivity contribution in [2.45, 2.75) is 13.0 Å². The maximum Gasteiger partial charge on any atom is 0.340 e. The number of ketones is 1. The van der Waals surface area contributed by atoms with E-state index in [0.29, 0.717) is 16.8 Å². The Labute approximate surface area is 165 Å². The topological polar surface area (TPSA) is 83.3 Å². The molecule has 0 aliphatic carbocycles. The molecule has 1 unspecified atom stereocenters. The summed E-state index contributed by atoms with van der Waals surface area (Å²) in [4.78, 5) is 34.6. The average Bonchev–Trinajstić information content (AvgIpc) is 3.07. The average molecular weight is 387 g/mol. The van der Waals surface area contributed by atoms with Gasteiger partial charge in [-0.15, -0.1) is 0 Å². The Morgan fingerprint density at radius 1 is 1.14 bits per heavy atom. The summed E-state index contributed by atoms with van der Waals surface area (Å²) >= 11 is 0. The van der Waals surface area contributed by atoms with Gasteiger partial charge in [0, 0.05) is 34.4 Å². The quantitative estimate of drug-likeness (QED) is 0.489. The molecule has 29 heavy (non-hydrogen) atoms. The van der Waals surface area contributed by atoms with Gasteiger partial charge in [-0.1, -0.05) is 18.2 Å². The summed E-state index contributed by atoms with van der Waals surface area (Å²) in [6.45, 7) is 1.98. The summed E-state index contributed by atoms with van der Waals surface area (Å²) in [5, 5.41) is 1.80. The van der Waals surface area contributed by atoms with Gasteiger partial charge in [0.2, 0.25) is 5.78 Å². The van der Waals surface area contributed by atoms with Gasteiger partial charge in [0.1, 0.15) is 11.4 Å². The van der Waals surface area contributed by atoms with Crippen molar-refractivity contribution in [1.82, 2.24) is 14.5 Å². The van der Waals surface area contributed by atoms with Crippen LogP contribution in [0.3, 0.4) is 0 Å². The number of esters is 1. The molecule has 0 amide bonds. The van der Waals surface area contributed by atoms with Gasteiger partial charge in [-0.2, -0.15) is 0 Å². The molecule has 0 saturated carbocycles. The number of benzene rings is 1. The molecule has 1 aromatic carbocycles. The predicted molar refractivity (Wildman–Crippen MR) is 107 cm³/mol. The Morgan fingerprint density at radius 3 is 2.69 bits per heavy atom. The van der Waals surface area contributed by atoms with Crippen LogP contribution in [0.2, 0.25) is 0 Å². The number of rotatable bonds is 2. The second-order valence-corrected chi connectivity index (χ2v) is 6.93. The molecule has 7 heteroatoms. The van der Waals surface area contributed by atoms with Crippen LogP contribution in [0.5, 0.6) is 5.75 Å². The van der Waals surface area contributed by atoms with Crippen LogP contribution >= 0.6 is 0 Å². The van der Waals surface area contributed by atoms with Gasteiger partial charge in [0.05, 0.1) is 42.9 Å². The Kier molecular flexibility index (Phi) is 3.67. The lowest BCUT2D eigenvalue weighted by molar-refractivity contribution is 0.0596. The molecule has 0 bridgehead atoms. The third kappa shape index (κ3) is 2.18. The molecule has 4 heterocycles. The number of fused-ring (bicyclic) bond motifs is 4. The molecule has 3 aromatic heterocycles. The zero-order chi connectivity index (χ0) is 20.3. The normalized spacial score (nSPS) is 15.3. The van der Waals surface area contributed by atoms with E-state index in [-0.39, 0.29) is 28.6 Å². The van der Waals surface area contributed by atoms with Gasteiger partial charge in [-0.3, -0.25) is 9.78 Å². The van der Waals surface area contributed by atoms with Gasteiger partial charge in [0.15, 0.2) is 0 Å². The minimum Gasteiger partial charge on any atom is -0.494 e. The summed E-state index contributed by atoms with van der Waals surface area (Å²) in [6, 6.07) is 7.65. The molecule has 0 saturated heterocycles. The Bertz CT molecular complexity index is 1340. The van der Waals surface area contributed by atoms with Crippen LogP contribution in [0.15, 0.2) is 42.9 Å². The van der Waals surface area contributed by atoms with Crippen molar-refractivity contribution < 1.29 is 19.1 Å². The molecule has 0 N–H and O–H groups in total. The van der Waals surface area contributed by atoms with Crippen molar-refractivity contribution in [3.63, 3.8) is 0 Å². The molecular weight excluding hydrogens is 370 g/mol. The Hall–Kier alpha value is -3.74. The summed E-state index contributed by atoms with van der Waals surface area (Å²) in [6.07, 6.45) is 4.56. The highest BCUT2D eigenvalue weighted by molar-refractivity contribution is 6.24. The fourth-order valence-corrected chi connectivity index (χ4v) is 4.29. The van der Waals surface area contributed by atoms with Crippen molar-refractivity contribution in [2.24, 2.45) is 0 Å². The number of aromatic nitrogens is 3. The Balaban J connectivity index is 1.99. The number of hydrogen-bond donors (Lipinski definition) is 0. The molecule has 0 spiro atoms. The number of carbonyl (C=O) groups is 2. The second kappa shape index (κ2) is 6.13. The number of ether oxygens (including phenoxy) is 2. The van der Waals surface area contributed by atoms with Gasteiger partial charge in [-0.25, -0.2) is 9.78 Å². The van der Waals surface area contributed by atoms with Crippen molar-refractivity contribution >= 4 is 33.6 Å². The number of carbonyl (C=O) groups excluding carboxylic acids is 2. The van der Waals surface area contributed by atoms with Gasteiger partial charge in [0.25, 0.3) is 0 Å². The Morgan fingerprint density at radius 2 is 1.93 bits per heavy atom. The summed E-state index contributed by atoms with van der Waals surface area (Å²) < 4.78 is 12.5. The SMILES string of the molecule is COC(=O)c1cncc2c1C(=O)c1ncc(OC)c3c4ccccc4n(c13)C2C. The fraction of sp³-hybridized carbons (Fsp3) is 0.182. The van der Waals surface area contributed by atoms with E-state index in [2.05, 4.69) is 14.5 Å². The first-order chi connectivity index (χ1) is 14.1. The van der Waals surface area contributed by atoms with Gasteiger partial charge >= 0.3 is 5.97 Å². The molecule has 1 atom stereocenters. The first-order valence-electron chi connectivity index (χ1n) is 9.15. The van der Waals surface area contributed by atoms with Gasteiger partial charge in [-0.05, 0) is 13.0 Å². The van der Waals surface area contributed by atoms with E-state index >= 15 is 0 Å². The molecule has 4 aromatic rings. The summed E-state index contributed by atoms with van der Waals surface area (Å²) in [5.74, 6) is -0.337. The highest BCUT2D eigenvalue weighted by atomic mass is 16.5. The van der Waals surface area contributed by atoms with E-state index in [1.54, 1.807) is 19.5 Å². The maximum absolute atomic E-state index is 13.6. The van der Waals surface area contributed by atoms with E-state index in [9.17, 15) is 9.59 Å². The van der Waals surface area contributed by atoms with Crippen LogP contribution in [0, 0.1) is 0 Å². The van der Waals surface area contributed by atoms with E-state index in [1.165, 1.54) is 13.3 Å². The lowest BCUT2D eigenvalue weighted by Gasteiger charge is -2.17. The van der Waals surface area contributed by atoms with Crippen LogP contribution in [-0.4, -0.2) is 40.5 Å². The maximum atomic E-state index is 13.6. The third-order valence-electron chi connectivity index (χ3n) is 5.57. The molecule has 5 rings (SSSR count). The zero-order valence-corrected chi connectivity index (χ0v) is 16.1. The van der Waals surface area contributed by atoms with Crippen LogP contribution in [-0.2, 0) is 4.74 Å². The summed E-state index contributed by atoms with van der Waals surface area (Å²) in [7, 11) is 2.87. The first kappa shape index (κ1) is 17.4. The van der Waals surface area contributed by atoms with Crippen molar-refractivity contribution in [3.8, 4) is 5.75 Å². The van der Waals surface area contributed by atoms with Crippen molar-refractivity contribution in [1.29, 1.82) is 0 Å². The van der Waals surface area contributed by atoms with E-state index in [1.807, 2.05) is 31.2 Å². The van der Waals surface area contributed by atoms with Crippen LogP contribution in [0.4, 0.5) is 0 Å². The minimum atomic E-state index is -0.601. The lowest BCUT2D eigenvalue weighted by atomic mass is 9.95. The molecule has 7 nitrogen and oxygen atoms in total. The molecule has 0 radical (unpaired) electrons. The highest BCUT2D eigenvalue weighted by Crippen LogP contribution is 2.43. The van der Waals surface area contributed by atoms with Crippen LogP contribution in [0.25, 0.3) is 21.8 Å². The number of hydrogen-bond acceptors (Lipinski definition) is 6. The largest absolute Gasteiger partial charge is 0.494 e. The monoisotopic (exact) mass is 387 g/mol. The van der Waals surface area contributed by atoms with Crippen LogP contribution in [0.1, 0.15) is 44.9 Å². The molecular formula is C22H17N3O4. The lowest BCUT2D eigenvalue weighted by Crippen LogP contribution is -2.16. The second-order valence-electron chi connectivity index (χ2n) is 6.93. The number of methoxy groups -OCH3 is 2. The van der Waals surface area contributed by atoms with E-state index in [0.717, 1.165) is 16.3 Å². The van der Waals surface area contributed by atoms with E-state index in [4.69, 9.17) is 9.47 Å². The fourth-order valence-electron chi connectivity index (χ4n) is 4.29. The number of pyridine rings is 2. The molecule has 1 aliphatic heterocycles. The van der Waals surface area contributed by atoms with Crippen LogP contribution < -0.4 is 4.74 Å². The van der Waals surface area contributed by atoms with Crippen molar-refractivity contribution in [2.75, 3.05) is 14.2 Å². The predicted octanol–water partition coefficient (Wildman–Crippen LogP) is 3.53. The smallest absolute Gasteiger partial charge is 0.340 e. The number of para-hydroxylation sites is 1. The molecule has 144 valence electrons. The highest BCUT2D eigenvalue weighted by Gasteiger charge is 2.34. The van der Waals surface area contributed by atoms with Crippen molar-refractivity contribution in [3.05, 3.63) is 65.2 Å². The first-order valence-corrected chi connectivity index (χ1v) is 9.15. The standard InChI is InChI=1S/C22H17N3O4/c1-11-13-8-23-9-14(22(27)29-3)17(13)21(26)19-20-18(16(28-2)10-24-19)12-6-4-5-7-15(12)25(11)20/h4-11H,1-3H3. The zero-order valence-electron chi connectivity index (χ0n) is 16.1. The third-order valence-corrected chi connectivity index (χ3v) is 5.57. The van der Waals surface area contributed by atoms with E-state index < -0.39 is 5.97 Å². The molecule has 0 fully saturated rings. The number of nitrogens with zero attached hydrogens (tertiary/aromatic N) is 3. The minimum absolute atomic E-state index is 0.141. The van der Waals surface area contributed by atoms with Gasteiger partial charge < -0.3 is 14.0 Å². The molecule has 1 aliphatic rings. The summed E-state index contributed by atoms with van der Waals surface area (Å²) in [5.41, 5.74) is 2.99.